The summed E-state index contributed by atoms with van der Waals surface area (Å²) in [6, 6.07) is 10.3. The summed E-state index contributed by atoms with van der Waals surface area (Å²) < 4.78 is 13.0. The van der Waals surface area contributed by atoms with Crippen molar-refractivity contribution in [2.24, 2.45) is 5.41 Å². The van der Waals surface area contributed by atoms with Gasteiger partial charge in [0.25, 0.3) is 0 Å². The molecule has 0 unspecified atom stereocenters. The maximum atomic E-state index is 5.36. The molecule has 2 aromatic heterocycles. The molecule has 8 heteroatoms. The van der Waals surface area contributed by atoms with Gasteiger partial charge in [-0.1, -0.05) is 44.2 Å². The van der Waals surface area contributed by atoms with E-state index in [1.165, 1.54) is 0 Å². The highest BCUT2D eigenvalue weighted by Crippen LogP contribution is 2.32. The van der Waals surface area contributed by atoms with Gasteiger partial charge in [0.1, 0.15) is 11.6 Å². The van der Waals surface area contributed by atoms with Crippen LogP contribution in [0.3, 0.4) is 0 Å². The highest BCUT2D eigenvalue weighted by atomic mass is 16.5. The third kappa shape index (κ3) is 6.28. The van der Waals surface area contributed by atoms with Crippen molar-refractivity contribution in [3.8, 4) is 11.4 Å². The molecule has 0 aliphatic rings. The Morgan fingerprint density at radius 3 is 2.15 bits per heavy atom. The Kier molecular flexibility index (Phi) is 8.40. The Balaban J connectivity index is 2.20. The Labute approximate surface area is 197 Å². The molecule has 3 aromatic rings. The molecule has 0 bridgehead atoms. The van der Waals surface area contributed by atoms with Gasteiger partial charge in [0.15, 0.2) is 17.0 Å². The molecule has 180 valence electrons. The van der Waals surface area contributed by atoms with E-state index in [0.29, 0.717) is 26.3 Å². The zero-order chi connectivity index (χ0) is 24.0. The van der Waals surface area contributed by atoms with E-state index in [0.717, 1.165) is 47.3 Å². The standard InChI is InChI=1S/C25H38N6O2/c1-19-26-23(30(13-15-32-6)14-16-33-7)21-24(27-19)31(18-25(2,3)17-29(4)5)22(28-21)20-11-9-8-10-12-20/h8-12H,13-18H2,1-7H3. The molecular weight excluding hydrogens is 416 g/mol. The van der Waals surface area contributed by atoms with Crippen molar-refractivity contribution in [1.82, 2.24) is 24.4 Å². The van der Waals surface area contributed by atoms with Gasteiger partial charge in [-0.25, -0.2) is 15.0 Å². The topological polar surface area (TPSA) is 68.5 Å². The molecule has 0 radical (unpaired) electrons. The number of hydrogen-bond acceptors (Lipinski definition) is 7. The van der Waals surface area contributed by atoms with Crippen molar-refractivity contribution in [3.05, 3.63) is 36.2 Å². The van der Waals surface area contributed by atoms with E-state index in [-0.39, 0.29) is 5.41 Å². The van der Waals surface area contributed by atoms with Crippen LogP contribution in [-0.4, -0.2) is 85.6 Å². The van der Waals surface area contributed by atoms with Gasteiger partial charge in [-0.3, -0.25) is 0 Å². The van der Waals surface area contributed by atoms with E-state index in [9.17, 15) is 0 Å². The van der Waals surface area contributed by atoms with Gasteiger partial charge in [-0.15, -0.1) is 0 Å². The fourth-order valence-corrected chi connectivity index (χ4v) is 4.33. The lowest BCUT2D eigenvalue weighted by Gasteiger charge is -2.29. The van der Waals surface area contributed by atoms with Crippen LogP contribution in [0.2, 0.25) is 0 Å². The normalized spacial score (nSPS) is 12.1. The molecule has 0 aliphatic carbocycles. The van der Waals surface area contributed by atoms with Crippen LogP contribution in [0.5, 0.6) is 0 Å². The number of aryl methyl sites for hydroxylation is 1. The minimum Gasteiger partial charge on any atom is -0.383 e. The lowest BCUT2D eigenvalue weighted by molar-refractivity contribution is 0.190. The number of fused-ring (bicyclic) bond motifs is 1. The number of anilines is 1. The molecule has 0 saturated heterocycles. The minimum atomic E-state index is 0.0193. The van der Waals surface area contributed by atoms with Gasteiger partial charge in [0.2, 0.25) is 0 Å². The van der Waals surface area contributed by atoms with E-state index in [1.54, 1.807) is 14.2 Å². The van der Waals surface area contributed by atoms with Crippen molar-refractivity contribution in [2.75, 3.05) is 66.1 Å². The third-order valence-electron chi connectivity index (χ3n) is 5.48. The van der Waals surface area contributed by atoms with Crippen LogP contribution in [0.1, 0.15) is 19.7 Å². The maximum absolute atomic E-state index is 5.36. The highest BCUT2D eigenvalue weighted by molar-refractivity contribution is 5.87. The molecule has 0 amide bonds. The molecule has 0 spiro atoms. The third-order valence-corrected chi connectivity index (χ3v) is 5.48. The maximum Gasteiger partial charge on any atom is 0.166 e. The zero-order valence-electron chi connectivity index (χ0n) is 21.1. The monoisotopic (exact) mass is 454 g/mol. The van der Waals surface area contributed by atoms with Crippen LogP contribution in [0.15, 0.2) is 30.3 Å². The molecule has 0 aliphatic heterocycles. The van der Waals surface area contributed by atoms with Crippen molar-refractivity contribution in [1.29, 1.82) is 0 Å². The van der Waals surface area contributed by atoms with Crippen LogP contribution >= 0.6 is 0 Å². The van der Waals surface area contributed by atoms with Crippen LogP contribution in [0, 0.1) is 12.3 Å². The smallest absolute Gasteiger partial charge is 0.166 e. The van der Waals surface area contributed by atoms with E-state index >= 15 is 0 Å². The first kappa shape index (κ1) is 25.1. The van der Waals surface area contributed by atoms with E-state index in [1.807, 2.05) is 25.1 Å². The second kappa shape index (κ2) is 11.0. The summed E-state index contributed by atoms with van der Waals surface area (Å²) in [5.74, 6) is 2.47. The van der Waals surface area contributed by atoms with Gasteiger partial charge in [0.05, 0.1) is 13.2 Å². The molecule has 0 fully saturated rings. The van der Waals surface area contributed by atoms with Crippen molar-refractivity contribution in [3.63, 3.8) is 0 Å². The summed E-state index contributed by atoms with van der Waals surface area (Å²) in [7, 11) is 7.65. The molecular formula is C25H38N6O2. The Bertz CT molecular complexity index is 1020. The Morgan fingerprint density at radius 1 is 0.939 bits per heavy atom. The summed E-state index contributed by atoms with van der Waals surface area (Å²) in [5, 5.41) is 0. The van der Waals surface area contributed by atoms with Crippen molar-refractivity contribution >= 4 is 17.0 Å². The van der Waals surface area contributed by atoms with Gasteiger partial charge >= 0.3 is 0 Å². The van der Waals surface area contributed by atoms with Crippen molar-refractivity contribution < 1.29 is 9.47 Å². The lowest BCUT2D eigenvalue weighted by Crippen LogP contribution is -2.33. The largest absolute Gasteiger partial charge is 0.383 e. The summed E-state index contributed by atoms with van der Waals surface area (Å²) in [5.41, 5.74) is 2.77. The van der Waals surface area contributed by atoms with Gasteiger partial charge < -0.3 is 23.8 Å². The molecule has 3 rings (SSSR count). The molecule has 1 aromatic carbocycles. The lowest BCUT2D eigenvalue weighted by atomic mass is 9.92. The van der Waals surface area contributed by atoms with Gasteiger partial charge in [-0.2, -0.15) is 0 Å². The molecule has 8 nitrogen and oxygen atoms in total. The van der Waals surface area contributed by atoms with Crippen molar-refractivity contribution in [2.45, 2.75) is 27.3 Å². The fraction of sp³-hybridized carbons (Fsp3) is 0.560. The van der Waals surface area contributed by atoms with Gasteiger partial charge in [-0.05, 0) is 26.4 Å². The summed E-state index contributed by atoms with van der Waals surface area (Å²) in [4.78, 5) is 19.2. The van der Waals surface area contributed by atoms with Crippen LogP contribution < -0.4 is 4.90 Å². The highest BCUT2D eigenvalue weighted by Gasteiger charge is 2.26. The predicted molar refractivity (Wildman–Crippen MR) is 134 cm³/mol. The number of imidazole rings is 1. The first-order valence-electron chi connectivity index (χ1n) is 11.4. The molecule has 0 atom stereocenters. The molecule has 0 N–H and O–H groups in total. The number of benzene rings is 1. The van der Waals surface area contributed by atoms with E-state index in [4.69, 9.17) is 24.4 Å². The Hall–Kier alpha value is -2.55. The summed E-state index contributed by atoms with van der Waals surface area (Å²) in [6.45, 7) is 10.8. The molecule has 33 heavy (non-hydrogen) atoms. The van der Waals surface area contributed by atoms with Crippen LogP contribution in [-0.2, 0) is 16.0 Å². The Morgan fingerprint density at radius 2 is 1.58 bits per heavy atom. The average Bonchev–Trinajstić information content (AvgIpc) is 3.10. The van der Waals surface area contributed by atoms with Crippen LogP contribution in [0.4, 0.5) is 5.82 Å². The second-order valence-corrected chi connectivity index (χ2v) is 9.53. The summed E-state index contributed by atoms with van der Waals surface area (Å²) in [6.07, 6.45) is 0. The number of rotatable bonds is 12. The number of ether oxygens (including phenoxy) is 2. The summed E-state index contributed by atoms with van der Waals surface area (Å²) >= 11 is 0. The fourth-order valence-electron chi connectivity index (χ4n) is 4.33. The predicted octanol–water partition coefficient (Wildman–Crippen LogP) is 3.49. The van der Waals surface area contributed by atoms with Gasteiger partial charge in [0, 0.05) is 46.0 Å². The number of methoxy groups -OCH3 is 2. The average molecular weight is 455 g/mol. The first-order valence-corrected chi connectivity index (χ1v) is 11.4. The number of hydrogen-bond donors (Lipinski definition) is 0. The number of nitrogens with zero attached hydrogens (tertiary/aromatic N) is 6. The first-order chi connectivity index (χ1) is 15.8. The van der Waals surface area contributed by atoms with Crippen LogP contribution in [0.25, 0.3) is 22.6 Å². The molecule has 2 heterocycles. The number of aromatic nitrogens is 4. The molecule has 0 saturated carbocycles. The quantitative estimate of drug-likeness (QED) is 0.415. The minimum absolute atomic E-state index is 0.0193. The zero-order valence-corrected chi connectivity index (χ0v) is 21.1. The van der Waals surface area contributed by atoms with E-state index in [2.05, 4.69) is 54.4 Å². The second-order valence-electron chi connectivity index (χ2n) is 9.53. The SMILES string of the molecule is COCCN(CCOC)c1nc(C)nc2c1nc(-c1ccccc1)n2CC(C)(C)CN(C)C. The van der Waals surface area contributed by atoms with E-state index < -0.39 is 0 Å².